The smallest absolute Gasteiger partial charge is 0.341 e. The number of rotatable bonds is 10. The van der Waals surface area contributed by atoms with Gasteiger partial charge in [0.1, 0.15) is 5.00 Å². The lowest BCUT2D eigenvalue weighted by Gasteiger charge is -2.10. The van der Waals surface area contributed by atoms with Crippen molar-refractivity contribution in [1.29, 1.82) is 0 Å². The van der Waals surface area contributed by atoms with E-state index in [2.05, 4.69) is 46.2 Å². The van der Waals surface area contributed by atoms with Crippen LogP contribution in [0.25, 0.3) is 11.4 Å². The molecule has 1 N–H and O–H groups in total. The molecule has 4 rings (SSSR count). The van der Waals surface area contributed by atoms with E-state index < -0.39 is 0 Å². The molecule has 0 bridgehead atoms. The fraction of sp³-hybridized carbons (Fsp3) is 0.500. The number of aromatic nitrogens is 3. The average molecular weight is 519 g/mol. The summed E-state index contributed by atoms with van der Waals surface area (Å²) in [4.78, 5) is 27.9. The molecule has 0 fully saturated rings. The maximum atomic E-state index is 12.9. The number of hydrogen-bond acceptors (Lipinski definition) is 8. The Labute approximate surface area is 212 Å². The van der Waals surface area contributed by atoms with Crippen molar-refractivity contribution in [3.05, 3.63) is 31.8 Å². The maximum absolute atomic E-state index is 12.9. The Kier molecular flexibility index (Phi) is 8.10. The summed E-state index contributed by atoms with van der Waals surface area (Å²) in [6.45, 7) is 9.31. The van der Waals surface area contributed by atoms with Crippen LogP contribution in [-0.4, -0.2) is 39.0 Å². The van der Waals surface area contributed by atoms with Crippen LogP contribution in [0.4, 0.5) is 5.00 Å². The number of aryl methyl sites for hydroxylation is 2. The van der Waals surface area contributed by atoms with Crippen molar-refractivity contribution in [2.75, 3.05) is 17.7 Å². The van der Waals surface area contributed by atoms with E-state index in [0.29, 0.717) is 17.2 Å². The van der Waals surface area contributed by atoms with Crippen molar-refractivity contribution in [2.45, 2.75) is 71.5 Å². The third-order valence-corrected chi connectivity index (χ3v) is 8.98. The van der Waals surface area contributed by atoms with E-state index in [1.165, 1.54) is 38.4 Å². The molecule has 0 saturated heterocycles. The first-order chi connectivity index (χ1) is 16.5. The van der Waals surface area contributed by atoms with Crippen LogP contribution >= 0.6 is 34.4 Å². The van der Waals surface area contributed by atoms with E-state index in [9.17, 15) is 9.59 Å². The number of nitrogens with one attached hydrogen (secondary N) is 1. The highest BCUT2D eigenvalue weighted by atomic mass is 32.2. The zero-order valence-electron chi connectivity index (χ0n) is 20.0. The van der Waals surface area contributed by atoms with Gasteiger partial charge in [0.15, 0.2) is 11.0 Å². The Morgan fingerprint density at radius 3 is 2.79 bits per heavy atom. The van der Waals surface area contributed by atoms with Gasteiger partial charge in [-0.05, 0) is 57.1 Å². The molecule has 0 radical (unpaired) electrons. The van der Waals surface area contributed by atoms with Crippen molar-refractivity contribution in [1.82, 2.24) is 14.8 Å². The molecule has 0 atom stereocenters. The van der Waals surface area contributed by atoms with Gasteiger partial charge in [0.2, 0.25) is 5.91 Å². The van der Waals surface area contributed by atoms with E-state index >= 15 is 0 Å². The van der Waals surface area contributed by atoms with Gasteiger partial charge in [0, 0.05) is 27.2 Å². The van der Waals surface area contributed by atoms with E-state index in [0.717, 1.165) is 60.8 Å². The predicted molar refractivity (Wildman–Crippen MR) is 139 cm³/mol. The van der Waals surface area contributed by atoms with Crippen LogP contribution in [0, 0.1) is 6.92 Å². The Hall–Kier alpha value is -2.17. The standard InChI is InChI=1S/C24H30N4O3S3/c1-5-11-28-21(17-12-32-14(4)15(17)6-2)26-27-24(28)33-13-19(29)25-22-20(23(30)31-7-3)16-9-8-10-18(16)34-22/h12H,5-11,13H2,1-4H3,(H,25,29). The fourth-order valence-electron chi connectivity index (χ4n) is 4.33. The van der Waals surface area contributed by atoms with Crippen LogP contribution in [0.2, 0.25) is 0 Å². The number of nitrogens with zero attached hydrogens (tertiary/aromatic N) is 3. The molecule has 10 heteroatoms. The number of anilines is 1. The zero-order valence-corrected chi connectivity index (χ0v) is 22.5. The Morgan fingerprint density at radius 2 is 2.06 bits per heavy atom. The van der Waals surface area contributed by atoms with Gasteiger partial charge in [-0.25, -0.2) is 4.79 Å². The van der Waals surface area contributed by atoms with Gasteiger partial charge < -0.3 is 14.6 Å². The molecule has 0 saturated carbocycles. The summed E-state index contributed by atoms with van der Waals surface area (Å²) in [5, 5.41) is 15.4. The summed E-state index contributed by atoms with van der Waals surface area (Å²) in [7, 11) is 0. The number of ether oxygens (including phenoxy) is 1. The van der Waals surface area contributed by atoms with Gasteiger partial charge in [-0.3, -0.25) is 4.79 Å². The second-order valence-electron chi connectivity index (χ2n) is 8.11. The van der Waals surface area contributed by atoms with Crippen LogP contribution in [0.5, 0.6) is 0 Å². The number of carbonyl (C=O) groups is 2. The first kappa shape index (κ1) is 24.9. The summed E-state index contributed by atoms with van der Waals surface area (Å²) < 4.78 is 7.37. The van der Waals surface area contributed by atoms with E-state index in [1.54, 1.807) is 18.3 Å². The Bertz CT molecular complexity index is 1190. The fourth-order valence-corrected chi connectivity index (χ4v) is 7.33. The van der Waals surface area contributed by atoms with Gasteiger partial charge in [-0.15, -0.1) is 32.9 Å². The molecular weight excluding hydrogens is 488 g/mol. The number of thiophene rings is 2. The summed E-state index contributed by atoms with van der Waals surface area (Å²) in [5.74, 6) is 0.541. The van der Waals surface area contributed by atoms with Crippen molar-refractivity contribution in [2.24, 2.45) is 0 Å². The largest absolute Gasteiger partial charge is 0.462 e. The molecule has 1 aliphatic rings. The molecule has 0 unspecified atom stereocenters. The molecule has 34 heavy (non-hydrogen) atoms. The van der Waals surface area contributed by atoms with Gasteiger partial charge in [0.25, 0.3) is 0 Å². The summed E-state index contributed by atoms with van der Waals surface area (Å²) in [6.07, 6.45) is 4.73. The summed E-state index contributed by atoms with van der Waals surface area (Å²) in [5.41, 5.74) is 4.02. The number of amides is 1. The molecule has 3 aromatic heterocycles. The number of thioether (sulfide) groups is 1. The first-order valence-corrected chi connectivity index (χ1v) is 14.4. The molecule has 1 amide bonds. The molecule has 1 aliphatic carbocycles. The Morgan fingerprint density at radius 1 is 1.24 bits per heavy atom. The Balaban J connectivity index is 1.50. The molecule has 0 spiro atoms. The number of esters is 1. The summed E-state index contributed by atoms with van der Waals surface area (Å²) in [6, 6.07) is 0. The third kappa shape index (κ3) is 4.94. The van der Waals surface area contributed by atoms with Crippen LogP contribution in [0.1, 0.15) is 64.9 Å². The normalized spacial score (nSPS) is 12.7. The summed E-state index contributed by atoms with van der Waals surface area (Å²) >= 11 is 4.61. The number of carbonyl (C=O) groups excluding carboxylic acids is 2. The molecule has 3 aromatic rings. The molecule has 0 aromatic carbocycles. The molecular formula is C24H30N4O3S3. The van der Waals surface area contributed by atoms with Gasteiger partial charge >= 0.3 is 5.97 Å². The minimum absolute atomic E-state index is 0.163. The van der Waals surface area contributed by atoms with Crippen molar-refractivity contribution >= 4 is 51.3 Å². The monoisotopic (exact) mass is 518 g/mol. The van der Waals surface area contributed by atoms with Crippen LogP contribution < -0.4 is 5.32 Å². The molecule has 0 aliphatic heterocycles. The second kappa shape index (κ2) is 11.0. The number of hydrogen-bond donors (Lipinski definition) is 1. The van der Waals surface area contributed by atoms with E-state index in [1.807, 2.05) is 0 Å². The van der Waals surface area contributed by atoms with Crippen LogP contribution in [0.3, 0.4) is 0 Å². The van der Waals surface area contributed by atoms with E-state index in [-0.39, 0.29) is 17.6 Å². The SMILES string of the molecule is CCCn1c(SCC(=O)Nc2sc3c(c2C(=O)OCC)CCC3)nnc1-c1csc(C)c1CC. The number of fused-ring (bicyclic) bond motifs is 1. The average Bonchev–Trinajstić information content (AvgIpc) is 3.56. The molecule has 7 nitrogen and oxygen atoms in total. The highest BCUT2D eigenvalue weighted by Gasteiger charge is 2.28. The maximum Gasteiger partial charge on any atom is 0.341 e. The van der Waals surface area contributed by atoms with Crippen LogP contribution in [0.15, 0.2) is 10.5 Å². The lowest BCUT2D eigenvalue weighted by Crippen LogP contribution is -2.17. The zero-order chi connectivity index (χ0) is 24.2. The quantitative estimate of drug-likeness (QED) is 0.272. The first-order valence-electron chi connectivity index (χ1n) is 11.7. The van der Waals surface area contributed by atoms with Gasteiger partial charge in [0.05, 0.1) is 17.9 Å². The van der Waals surface area contributed by atoms with E-state index in [4.69, 9.17) is 4.74 Å². The minimum atomic E-state index is -0.352. The van der Waals surface area contributed by atoms with Gasteiger partial charge in [-0.2, -0.15) is 0 Å². The van der Waals surface area contributed by atoms with Crippen LogP contribution in [-0.2, 0) is 35.3 Å². The minimum Gasteiger partial charge on any atom is -0.462 e. The lowest BCUT2D eigenvalue weighted by atomic mass is 10.1. The third-order valence-electron chi connectivity index (χ3n) is 5.85. The molecule has 182 valence electrons. The van der Waals surface area contributed by atoms with Crippen molar-refractivity contribution < 1.29 is 14.3 Å². The predicted octanol–water partition coefficient (Wildman–Crippen LogP) is 5.75. The molecule has 3 heterocycles. The second-order valence-corrected chi connectivity index (χ2v) is 11.2. The highest BCUT2D eigenvalue weighted by molar-refractivity contribution is 7.99. The lowest BCUT2D eigenvalue weighted by molar-refractivity contribution is -0.113. The van der Waals surface area contributed by atoms with Crippen molar-refractivity contribution in [3.63, 3.8) is 0 Å². The topological polar surface area (TPSA) is 86.1 Å². The highest BCUT2D eigenvalue weighted by Crippen LogP contribution is 2.40. The van der Waals surface area contributed by atoms with Crippen molar-refractivity contribution in [3.8, 4) is 11.4 Å². The van der Waals surface area contributed by atoms with Gasteiger partial charge in [-0.1, -0.05) is 25.6 Å².